The number of carbonyl (C=O) groups is 1. The van der Waals surface area contributed by atoms with Crippen molar-refractivity contribution in [2.24, 2.45) is 5.73 Å². The maximum Gasteiger partial charge on any atom is 0.234 e. The number of hydrogen-bond donors (Lipinski definition) is 2. The van der Waals surface area contributed by atoms with Crippen LogP contribution in [0.25, 0.3) is 0 Å². The maximum atomic E-state index is 11.4. The van der Waals surface area contributed by atoms with Crippen molar-refractivity contribution >= 4 is 5.91 Å². The smallest absolute Gasteiger partial charge is 0.234 e. The molecule has 18 heavy (non-hydrogen) atoms. The molecule has 1 aliphatic carbocycles. The Morgan fingerprint density at radius 2 is 2.00 bits per heavy atom. The molecular weight excluding hydrogens is 226 g/mol. The summed E-state index contributed by atoms with van der Waals surface area (Å²) >= 11 is 0. The van der Waals surface area contributed by atoms with Crippen LogP contribution < -0.4 is 11.1 Å². The van der Waals surface area contributed by atoms with Crippen LogP contribution in [0, 0.1) is 0 Å². The first-order valence-electron chi connectivity index (χ1n) is 7.34. The lowest BCUT2D eigenvalue weighted by Gasteiger charge is -2.29. The van der Waals surface area contributed by atoms with E-state index in [9.17, 15) is 4.79 Å². The van der Waals surface area contributed by atoms with Gasteiger partial charge >= 0.3 is 0 Å². The van der Waals surface area contributed by atoms with Crippen LogP contribution in [-0.2, 0) is 4.79 Å². The van der Waals surface area contributed by atoms with Crippen LogP contribution >= 0.6 is 0 Å². The number of nitrogens with zero attached hydrogens (tertiary/aromatic N) is 1. The van der Waals surface area contributed by atoms with Crippen LogP contribution in [-0.4, -0.2) is 42.0 Å². The van der Waals surface area contributed by atoms with Crippen molar-refractivity contribution < 1.29 is 4.79 Å². The zero-order valence-electron chi connectivity index (χ0n) is 12.1. The van der Waals surface area contributed by atoms with Crippen molar-refractivity contribution in [3.05, 3.63) is 0 Å². The Kier molecular flexibility index (Phi) is 6.65. The van der Waals surface area contributed by atoms with E-state index in [1.54, 1.807) is 0 Å². The second kappa shape index (κ2) is 7.74. The van der Waals surface area contributed by atoms with E-state index in [-0.39, 0.29) is 11.9 Å². The first-order chi connectivity index (χ1) is 8.54. The zero-order chi connectivity index (χ0) is 13.5. The van der Waals surface area contributed by atoms with Gasteiger partial charge in [-0.15, -0.1) is 0 Å². The maximum absolute atomic E-state index is 11.4. The molecule has 1 saturated carbocycles. The Bertz CT molecular complexity index is 249. The quantitative estimate of drug-likeness (QED) is 0.691. The summed E-state index contributed by atoms with van der Waals surface area (Å²) in [7, 11) is 0. The van der Waals surface area contributed by atoms with Gasteiger partial charge in [0, 0.05) is 18.6 Å². The summed E-state index contributed by atoms with van der Waals surface area (Å²) in [5, 5.41) is 3.25. The minimum Gasteiger partial charge on any atom is -0.368 e. The second-order valence-electron chi connectivity index (χ2n) is 5.63. The van der Waals surface area contributed by atoms with Gasteiger partial charge in [0.1, 0.15) is 0 Å². The molecule has 0 bridgehead atoms. The Balaban J connectivity index is 2.40. The number of primary amides is 1. The van der Waals surface area contributed by atoms with E-state index < -0.39 is 0 Å². The van der Waals surface area contributed by atoms with E-state index >= 15 is 0 Å². The standard InChI is InChI=1S/C14H29N3O/c1-4-17(12-7-5-6-8-12)10-9-13(14(15)18)16-11(2)3/h11-13,16H,4-10H2,1-3H3,(H2,15,18). The summed E-state index contributed by atoms with van der Waals surface area (Å²) in [4.78, 5) is 13.9. The predicted octanol–water partition coefficient (Wildman–Crippen LogP) is 1.49. The van der Waals surface area contributed by atoms with Crippen LogP contribution in [0.15, 0.2) is 0 Å². The summed E-state index contributed by atoms with van der Waals surface area (Å²) in [6.07, 6.45) is 6.15. The van der Waals surface area contributed by atoms with Gasteiger partial charge in [-0.1, -0.05) is 33.6 Å². The number of carbonyl (C=O) groups excluding carboxylic acids is 1. The van der Waals surface area contributed by atoms with Crippen LogP contribution in [0.5, 0.6) is 0 Å². The minimum absolute atomic E-state index is 0.194. The molecule has 0 heterocycles. The molecule has 106 valence electrons. The van der Waals surface area contributed by atoms with Crippen LogP contribution in [0.3, 0.4) is 0 Å². The van der Waals surface area contributed by atoms with E-state index in [1.807, 2.05) is 13.8 Å². The lowest BCUT2D eigenvalue weighted by molar-refractivity contribution is -0.120. The summed E-state index contributed by atoms with van der Waals surface area (Å²) in [6, 6.07) is 0.826. The van der Waals surface area contributed by atoms with Gasteiger partial charge in [-0.2, -0.15) is 0 Å². The largest absolute Gasteiger partial charge is 0.368 e. The first kappa shape index (κ1) is 15.4. The molecular formula is C14H29N3O. The second-order valence-corrected chi connectivity index (χ2v) is 5.63. The molecule has 1 fully saturated rings. The fourth-order valence-corrected chi connectivity index (χ4v) is 2.87. The highest BCUT2D eigenvalue weighted by atomic mass is 16.1. The molecule has 1 atom stereocenters. The average molecular weight is 255 g/mol. The molecule has 1 rings (SSSR count). The Morgan fingerprint density at radius 1 is 1.39 bits per heavy atom. The van der Waals surface area contributed by atoms with Gasteiger partial charge in [0.15, 0.2) is 0 Å². The minimum atomic E-state index is -0.230. The Labute approximate surface area is 111 Å². The van der Waals surface area contributed by atoms with Crippen LogP contribution in [0.1, 0.15) is 52.9 Å². The molecule has 0 aromatic heterocycles. The molecule has 0 saturated heterocycles. The molecule has 0 aromatic rings. The molecule has 4 heteroatoms. The topological polar surface area (TPSA) is 58.4 Å². The molecule has 0 radical (unpaired) electrons. The van der Waals surface area contributed by atoms with Gasteiger partial charge in [-0.05, 0) is 25.8 Å². The van der Waals surface area contributed by atoms with Gasteiger partial charge in [-0.3, -0.25) is 4.79 Å². The molecule has 0 spiro atoms. The van der Waals surface area contributed by atoms with E-state index in [2.05, 4.69) is 17.1 Å². The van der Waals surface area contributed by atoms with Crippen molar-refractivity contribution in [2.75, 3.05) is 13.1 Å². The predicted molar refractivity (Wildman–Crippen MR) is 75.4 cm³/mol. The summed E-state index contributed by atoms with van der Waals surface area (Å²) in [5.41, 5.74) is 5.45. The third-order valence-corrected chi connectivity index (χ3v) is 3.83. The summed E-state index contributed by atoms with van der Waals surface area (Å²) in [6.45, 7) is 8.33. The monoisotopic (exact) mass is 255 g/mol. The lowest BCUT2D eigenvalue weighted by atomic mass is 10.1. The van der Waals surface area contributed by atoms with E-state index in [4.69, 9.17) is 5.73 Å². The Morgan fingerprint density at radius 3 is 2.44 bits per heavy atom. The molecule has 3 N–H and O–H groups in total. The molecule has 1 amide bonds. The number of amides is 1. The average Bonchev–Trinajstić information content (AvgIpc) is 2.81. The Hall–Kier alpha value is -0.610. The third kappa shape index (κ3) is 4.94. The fourth-order valence-electron chi connectivity index (χ4n) is 2.87. The van der Waals surface area contributed by atoms with Crippen molar-refractivity contribution in [3.8, 4) is 0 Å². The summed E-state index contributed by atoms with van der Waals surface area (Å²) < 4.78 is 0. The van der Waals surface area contributed by atoms with Crippen molar-refractivity contribution in [3.63, 3.8) is 0 Å². The van der Waals surface area contributed by atoms with E-state index in [0.29, 0.717) is 6.04 Å². The highest BCUT2D eigenvalue weighted by Crippen LogP contribution is 2.23. The van der Waals surface area contributed by atoms with Gasteiger partial charge in [-0.25, -0.2) is 0 Å². The van der Waals surface area contributed by atoms with Crippen molar-refractivity contribution in [1.82, 2.24) is 10.2 Å². The number of rotatable bonds is 8. The molecule has 0 aromatic carbocycles. The SMILES string of the molecule is CCN(CCC(NC(C)C)C(N)=O)C1CCCC1. The number of nitrogens with two attached hydrogens (primary N) is 1. The molecule has 0 aliphatic heterocycles. The number of nitrogens with one attached hydrogen (secondary N) is 1. The van der Waals surface area contributed by atoms with Gasteiger partial charge in [0.05, 0.1) is 6.04 Å². The van der Waals surface area contributed by atoms with E-state index in [0.717, 1.165) is 25.6 Å². The molecule has 1 aliphatic rings. The van der Waals surface area contributed by atoms with E-state index in [1.165, 1.54) is 25.7 Å². The van der Waals surface area contributed by atoms with Gasteiger partial charge in [0.25, 0.3) is 0 Å². The lowest BCUT2D eigenvalue weighted by Crippen LogP contribution is -2.47. The number of hydrogen-bond acceptors (Lipinski definition) is 3. The molecule has 1 unspecified atom stereocenters. The highest BCUT2D eigenvalue weighted by molar-refractivity contribution is 5.79. The molecule has 4 nitrogen and oxygen atoms in total. The first-order valence-corrected chi connectivity index (χ1v) is 7.34. The van der Waals surface area contributed by atoms with Gasteiger partial charge < -0.3 is 16.0 Å². The van der Waals surface area contributed by atoms with Crippen molar-refractivity contribution in [1.29, 1.82) is 0 Å². The van der Waals surface area contributed by atoms with Gasteiger partial charge in [0.2, 0.25) is 5.91 Å². The third-order valence-electron chi connectivity index (χ3n) is 3.83. The fraction of sp³-hybridized carbons (Fsp3) is 0.929. The van der Waals surface area contributed by atoms with Crippen LogP contribution in [0.4, 0.5) is 0 Å². The summed E-state index contributed by atoms with van der Waals surface area (Å²) in [5.74, 6) is -0.230. The normalized spacial score (nSPS) is 18.7. The highest BCUT2D eigenvalue weighted by Gasteiger charge is 2.23. The van der Waals surface area contributed by atoms with Crippen molar-refractivity contribution in [2.45, 2.75) is 71.0 Å². The zero-order valence-corrected chi connectivity index (χ0v) is 12.1. The van der Waals surface area contributed by atoms with Crippen LogP contribution in [0.2, 0.25) is 0 Å².